The van der Waals surface area contributed by atoms with E-state index < -0.39 is 0 Å². The summed E-state index contributed by atoms with van der Waals surface area (Å²) < 4.78 is 0. The molecule has 0 radical (unpaired) electrons. The Kier molecular flexibility index (Phi) is 7.81. The van der Waals surface area contributed by atoms with Gasteiger partial charge >= 0.3 is 0 Å². The Labute approximate surface area is 321 Å². The Morgan fingerprint density at radius 1 is 0.327 bits per heavy atom. The van der Waals surface area contributed by atoms with Crippen molar-refractivity contribution in [3.63, 3.8) is 0 Å². The highest BCUT2D eigenvalue weighted by atomic mass is 15.0. The van der Waals surface area contributed by atoms with E-state index in [-0.39, 0.29) is 5.41 Å². The zero-order valence-electron chi connectivity index (χ0n) is 30.7. The lowest BCUT2D eigenvalue weighted by molar-refractivity contribution is 0.661. The average Bonchev–Trinajstić information content (AvgIpc) is 3.48. The summed E-state index contributed by atoms with van der Waals surface area (Å²) in [5, 5.41) is 2.58. The fourth-order valence-corrected chi connectivity index (χ4v) is 8.23. The van der Waals surface area contributed by atoms with Crippen LogP contribution >= 0.6 is 0 Å². The first-order valence-corrected chi connectivity index (χ1v) is 18.9. The quantitative estimate of drug-likeness (QED) is 0.173. The topological polar surface area (TPSA) is 38.7 Å². The molecule has 0 N–H and O–H groups in total. The summed E-state index contributed by atoms with van der Waals surface area (Å²) in [5.74, 6) is 1.97. The Morgan fingerprint density at radius 2 is 0.745 bits per heavy atom. The molecule has 1 aliphatic rings. The standard InChI is InChI=1S/C52H37N3/c1-52(2)45-32-41(30-31-44(45)48-46(52)33-42-20-12-13-21-43(42)47(48)37-14-6-3-7-15-37)36-24-22-34(23-25-36)35-26-28-40(29-27-35)51-54-49(38-16-8-4-9-17-38)53-50(55-51)39-18-10-5-11-19-39/h3-33H,1-2H3. The molecule has 1 heterocycles. The summed E-state index contributed by atoms with van der Waals surface area (Å²) in [5.41, 5.74) is 15.5. The zero-order chi connectivity index (χ0) is 36.9. The largest absolute Gasteiger partial charge is 0.208 e. The molecule has 9 aromatic rings. The molecule has 1 aromatic heterocycles. The second-order valence-corrected chi connectivity index (χ2v) is 14.8. The van der Waals surface area contributed by atoms with Gasteiger partial charge in [-0.25, -0.2) is 15.0 Å². The summed E-state index contributed by atoms with van der Waals surface area (Å²) in [6.07, 6.45) is 0. The fraction of sp³-hybridized carbons (Fsp3) is 0.0577. The van der Waals surface area contributed by atoms with Crippen molar-refractivity contribution in [2.75, 3.05) is 0 Å². The summed E-state index contributed by atoms with van der Waals surface area (Å²) in [6, 6.07) is 66.8. The van der Waals surface area contributed by atoms with Gasteiger partial charge in [-0.2, -0.15) is 0 Å². The highest BCUT2D eigenvalue weighted by molar-refractivity contribution is 6.08. The zero-order valence-corrected chi connectivity index (χ0v) is 30.7. The first-order valence-electron chi connectivity index (χ1n) is 18.9. The van der Waals surface area contributed by atoms with Gasteiger partial charge in [-0.3, -0.25) is 0 Å². The molecule has 0 unspecified atom stereocenters. The van der Waals surface area contributed by atoms with Gasteiger partial charge in [0.15, 0.2) is 17.5 Å². The third-order valence-electron chi connectivity index (χ3n) is 11.1. The number of benzene rings is 8. The molecule has 1 aliphatic carbocycles. The smallest absolute Gasteiger partial charge is 0.164 e. The minimum atomic E-state index is -0.141. The molecule has 0 fully saturated rings. The Bertz CT molecular complexity index is 2790. The van der Waals surface area contributed by atoms with Crippen LogP contribution in [0, 0.1) is 0 Å². The number of fused-ring (bicyclic) bond motifs is 4. The maximum Gasteiger partial charge on any atom is 0.164 e. The van der Waals surface area contributed by atoms with Gasteiger partial charge in [0.05, 0.1) is 0 Å². The Balaban J connectivity index is 0.972. The van der Waals surface area contributed by atoms with Crippen molar-refractivity contribution in [3.8, 4) is 78.7 Å². The van der Waals surface area contributed by atoms with Crippen LogP contribution in [-0.2, 0) is 5.41 Å². The van der Waals surface area contributed by atoms with Gasteiger partial charge in [-0.05, 0) is 78.5 Å². The maximum atomic E-state index is 4.91. The van der Waals surface area contributed by atoms with E-state index in [0.29, 0.717) is 17.5 Å². The van der Waals surface area contributed by atoms with Crippen LogP contribution in [0.15, 0.2) is 188 Å². The van der Waals surface area contributed by atoms with Crippen molar-refractivity contribution in [2.45, 2.75) is 19.3 Å². The van der Waals surface area contributed by atoms with Gasteiger partial charge in [0.25, 0.3) is 0 Å². The van der Waals surface area contributed by atoms with Crippen molar-refractivity contribution in [3.05, 3.63) is 199 Å². The molecule has 10 rings (SSSR count). The summed E-state index contributed by atoms with van der Waals surface area (Å²) in [4.78, 5) is 14.7. The van der Waals surface area contributed by atoms with E-state index in [0.717, 1.165) is 27.8 Å². The van der Waals surface area contributed by atoms with E-state index in [2.05, 4.69) is 141 Å². The van der Waals surface area contributed by atoms with Gasteiger partial charge in [-0.1, -0.05) is 190 Å². The molecule has 0 saturated heterocycles. The lowest BCUT2D eigenvalue weighted by Crippen LogP contribution is -2.15. The molecule has 0 amide bonds. The second kappa shape index (κ2) is 13.2. The molecule has 260 valence electrons. The molecule has 3 nitrogen and oxygen atoms in total. The third kappa shape index (κ3) is 5.73. The Hall–Kier alpha value is -6.97. The van der Waals surface area contributed by atoms with Gasteiger partial charge in [-0.15, -0.1) is 0 Å². The molecular weight excluding hydrogens is 667 g/mol. The van der Waals surface area contributed by atoms with E-state index in [4.69, 9.17) is 15.0 Å². The van der Waals surface area contributed by atoms with Crippen LogP contribution in [0.1, 0.15) is 25.0 Å². The van der Waals surface area contributed by atoms with Crippen LogP contribution in [0.4, 0.5) is 0 Å². The van der Waals surface area contributed by atoms with E-state index in [1.165, 1.54) is 55.3 Å². The number of rotatable bonds is 6. The van der Waals surface area contributed by atoms with Crippen molar-refractivity contribution < 1.29 is 0 Å². The molecule has 0 spiro atoms. The van der Waals surface area contributed by atoms with Gasteiger partial charge in [0, 0.05) is 22.1 Å². The van der Waals surface area contributed by atoms with Crippen molar-refractivity contribution >= 4 is 10.8 Å². The van der Waals surface area contributed by atoms with Crippen LogP contribution in [0.25, 0.3) is 89.4 Å². The highest BCUT2D eigenvalue weighted by Gasteiger charge is 2.38. The SMILES string of the molecule is CC1(C)c2cc(-c3ccc(-c4ccc(-c5nc(-c6ccccc6)nc(-c6ccccc6)n5)cc4)cc3)ccc2-c2c1cc1ccccc1c2-c1ccccc1. The summed E-state index contributed by atoms with van der Waals surface area (Å²) in [7, 11) is 0. The molecule has 0 saturated carbocycles. The number of hydrogen-bond donors (Lipinski definition) is 0. The third-order valence-corrected chi connectivity index (χ3v) is 11.1. The number of hydrogen-bond acceptors (Lipinski definition) is 3. The molecule has 3 heteroatoms. The summed E-state index contributed by atoms with van der Waals surface area (Å²) >= 11 is 0. The predicted octanol–water partition coefficient (Wildman–Crippen LogP) is 13.3. The normalized spacial score (nSPS) is 12.7. The van der Waals surface area contributed by atoms with E-state index in [1.807, 2.05) is 60.7 Å². The first-order chi connectivity index (χ1) is 27.0. The van der Waals surface area contributed by atoms with E-state index in [9.17, 15) is 0 Å². The van der Waals surface area contributed by atoms with E-state index >= 15 is 0 Å². The maximum absolute atomic E-state index is 4.91. The van der Waals surface area contributed by atoms with Gasteiger partial charge in [0.1, 0.15) is 0 Å². The van der Waals surface area contributed by atoms with Crippen LogP contribution in [0.3, 0.4) is 0 Å². The monoisotopic (exact) mass is 703 g/mol. The number of aromatic nitrogens is 3. The Morgan fingerprint density at radius 3 is 1.29 bits per heavy atom. The lowest BCUT2D eigenvalue weighted by atomic mass is 9.80. The first kappa shape index (κ1) is 32.7. The van der Waals surface area contributed by atoms with Crippen molar-refractivity contribution in [2.24, 2.45) is 0 Å². The average molecular weight is 704 g/mol. The molecule has 0 bridgehead atoms. The van der Waals surface area contributed by atoms with Crippen LogP contribution in [-0.4, -0.2) is 15.0 Å². The van der Waals surface area contributed by atoms with Crippen molar-refractivity contribution in [1.29, 1.82) is 0 Å². The van der Waals surface area contributed by atoms with Crippen molar-refractivity contribution in [1.82, 2.24) is 15.0 Å². The fourth-order valence-electron chi connectivity index (χ4n) is 8.23. The molecule has 0 aliphatic heterocycles. The molecule has 8 aromatic carbocycles. The van der Waals surface area contributed by atoms with E-state index in [1.54, 1.807) is 0 Å². The van der Waals surface area contributed by atoms with Crippen LogP contribution in [0.5, 0.6) is 0 Å². The predicted molar refractivity (Wildman–Crippen MR) is 228 cm³/mol. The minimum absolute atomic E-state index is 0.141. The highest BCUT2D eigenvalue weighted by Crippen LogP contribution is 2.55. The molecule has 0 atom stereocenters. The lowest BCUT2D eigenvalue weighted by Gasteiger charge is -2.23. The number of nitrogens with zero attached hydrogens (tertiary/aromatic N) is 3. The summed E-state index contributed by atoms with van der Waals surface area (Å²) in [6.45, 7) is 4.75. The van der Waals surface area contributed by atoms with Gasteiger partial charge < -0.3 is 0 Å². The second-order valence-electron chi connectivity index (χ2n) is 14.8. The minimum Gasteiger partial charge on any atom is -0.208 e. The molecule has 55 heavy (non-hydrogen) atoms. The molecular formula is C52H37N3. The van der Waals surface area contributed by atoms with Crippen LogP contribution in [0.2, 0.25) is 0 Å². The van der Waals surface area contributed by atoms with Crippen LogP contribution < -0.4 is 0 Å². The van der Waals surface area contributed by atoms with Gasteiger partial charge in [0.2, 0.25) is 0 Å².